The van der Waals surface area contributed by atoms with Gasteiger partial charge in [0, 0.05) is 28.6 Å². The predicted octanol–water partition coefficient (Wildman–Crippen LogP) is 4.89. The van der Waals surface area contributed by atoms with Crippen LogP contribution in [0.2, 0.25) is 0 Å². The minimum atomic E-state index is 0.869. The van der Waals surface area contributed by atoms with Gasteiger partial charge in [-0.2, -0.15) is 0 Å². The normalized spacial score (nSPS) is 10.7. The minimum Gasteiger partial charge on any atom is -0.379 e. The molecular formula is C16H21BrN2. The molecule has 0 amide bonds. The van der Waals surface area contributed by atoms with E-state index in [2.05, 4.69) is 77.0 Å². The summed E-state index contributed by atoms with van der Waals surface area (Å²) < 4.78 is 3.51. The standard InChI is InChI=1S/C16H21BrN2/c1-4-7-19-8-5-6-15(19)11-18-14-9-12(2)16(17)13(3)10-14/h5-6,8-10,18H,4,7,11H2,1-3H3. The van der Waals surface area contributed by atoms with Crippen LogP contribution in [0, 0.1) is 13.8 Å². The van der Waals surface area contributed by atoms with Crippen LogP contribution in [0.4, 0.5) is 5.69 Å². The van der Waals surface area contributed by atoms with E-state index in [-0.39, 0.29) is 0 Å². The van der Waals surface area contributed by atoms with Crippen LogP contribution in [0.25, 0.3) is 0 Å². The molecule has 0 bridgehead atoms. The molecule has 2 rings (SSSR count). The fourth-order valence-electron chi connectivity index (χ4n) is 2.31. The highest BCUT2D eigenvalue weighted by Gasteiger charge is 2.04. The lowest BCUT2D eigenvalue weighted by atomic mass is 10.1. The summed E-state index contributed by atoms with van der Waals surface area (Å²) in [4.78, 5) is 0. The van der Waals surface area contributed by atoms with Crippen LogP contribution in [-0.2, 0) is 13.1 Å². The van der Waals surface area contributed by atoms with E-state index < -0.39 is 0 Å². The topological polar surface area (TPSA) is 17.0 Å². The molecule has 19 heavy (non-hydrogen) atoms. The fraction of sp³-hybridized carbons (Fsp3) is 0.375. The summed E-state index contributed by atoms with van der Waals surface area (Å²) in [5.41, 5.74) is 5.06. The highest BCUT2D eigenvalue weighted by atomic mass is 79.9. The van der Waals surface area contributed by atoms with Crippen molar-refractivity contribution in [1.29, 1.82) is 0 Å². The van der Waals surface area contributed by atoms with Crippen molar-refractivity contribution in [3.05, 3.63) is 51.8 Å². The zero-order valence-corrected chi connectivity index (χ0v) is 13.4. The molecule has 0 aliphatic heterocycles. The summed E-state index contributed by atoms with van der Waals surface area (Å²) in [6, 6.07) is 8.67. The van der Waals surface area contributed by atoms with Crippen molar-refractivity contribution in [3.8, 4) is 0 Å². The second-order valence-electron chi connectivity index (χ2n) is 4.97. The van der Waals surface area contributed by atoms with Gasteiger partial charge < -0.3 is 9.88 Å². The Morgan fingerprint density at radius 2 is 1.89 bits per heavy atom. The number of aryl methyl sites for hydroxylation is 3. The lowest BCUT2D eigenvalue weighted by Crippen LogP contribution is -2.07. The maximum Gasteiger partial charge on any atom is 0.0553 e. The summed E-state index contributed by atoms with van der Waals surface area (Å²) in [7, 11) is 0. The zero-order chi connectivity index (χ0) is 13.8. The smallest absolute Gasteiger partial charge is 0.0553 e. The lowest BCUT2D eigenvalue weighted by Gasteiger charge is -2.12. The van der Waals surface area contributed by atoms with Gasteiger partial charge in [0.2, 0.25) is 0 Å². The highest BCUT2D eigenvalue weighted by molar-refractivity contribution is 9.10. The van der Waals surface area contributed by atoms with Crippen LogP contribution in [0.5, 0.6) is 0 Å². The number of nitrogens with zero attached hydrogens (tertiary/aromatic N) is 1. The molecule has 0 atom stereocenters. The number of nitrogens with one attached hydrogen (secondary N) is 1. The summed E-state index contributed by atoms with van der Waals surface area (Å²) in [6.45, 7) is 8.42. The number of anilines is 1. The first kappa shape index (κ1) is 14.2. The average Bonchev–Trinajstić information content (AvgIpc) is 2.81. The first-order valence-corrected chi connectivity index (χ1v) is 7.55. The molecule has 0 fully saturated rings. The Morgan fingerprint density at radius 3 is 2.53 bits per heavy atom. The average molecular weight is 321 g/mol. The van der Waals surface area contributed by atoms with Gasteiger partial charge in [0.05, 0.1) is 6.54 Å². The molecule has 2 nitrogen and oxygen atoms in total. The van der Waals surface area contributed by atoms with Crippen molar-refractivity contribution in [2.24, 2.45) is 0 Å². The SMILES string of the molecule is CCCn1cccc1CNc1cc(C)c(Br)c(C)c1. The van der Waals surface area contributed by atoms with Crippen molar-refractivity contribution < 1.29 is 0 Å². The third-order valence-electron chi connectivity index (χ3n) is 3.30. The third-order valence-corrected chi connectivity index (χ3v) is 4.55. The number of hydrogen-bond acceptors (Lipinski definition) is 1. The van der Waals surface area contributed by atoms with Crippen LogP contribution in [0.1, 0.15) is 30.2 Å². The van der Waals surface area contributed by atoms with Gasteiger partial charge in [0.15, 0.2) is 0 Å². The van der Waals surface area contributed by atoms with Gasteiger partial charge in [0.25, 0.3) is 0 Å². The molecule has 1 aromatic carbocycles. The Labute approximate surface area is 124 Å². The van der Waals surface area contributed by atoms with Gasteiger partial charge in [-0.05, 0) is 55.7 Å². The molecule has 0 aliphatic rings. The molecule has 0 saturated heterocycles. The van der Waals surface area contributed by atoms with Crippen LogP contribution in [-0.4, -0.2) is 4.57 Å². The maximum absolute atomic E-state index is 3.60. The van der Waals surface area contributed by atoms with E-state index in [4.69, 9.17) is 0 Å². The van der Waals surface area contributed by atoms with Crippen molar-refractivity contribution in [2.45, 2.75) is 40.3 Å². The van der Waals surface area contributed by atoms with E-state index in [0.717, 1.165) is 19.5 Å². The number of aromatic nitrogens is 1. The summed E-state index contributed by atoms with van der Waals surface area (Å²) in [5, 5.41) is 3.51. The van der Waals surface area contributed by atoms with Crippen molar-refractivity contribution >= 4 is 21.6 Å². The van der Waals surface area contributed by atoms with E-state index in [0.29, 0.717) is 0 Å². The fourth-order valence-corrected chi connectivity index (χ4v) is 2.54. The van der Waals surface area contributed by atoms with E-state index in [9.17, 15) is 0 Å². The Bertz CT molecular complexity index is 535. The van der Waals surface area contributed by atoms with Gasteiger partial charge in [-0.3, -0.25) is 0 Å². The number of rotatable bonds is 5. The Hall–Kier alpha value is -1.22. The lowest BCUT2D eigenvalue weighted by molar-refractivity contribution is 0.654. The molecule has 0 radical (unpaired) electrons. The van der Waals surface area contributed by atoms with E-state index in [1.165, 1.54) is 27.0 Å². The van der Waals surface area contributed by atoms with Crippen LogP contribution >= 0.6 is 15.9 Å². The predicted molar refractivity (Wildman–Crippen MR) is 85.7 cm³/mol. The van der Waals surface area contributed by atoms with Gasteiger partial charge in [-0.1, -0.05) is 22.9 Å². The number of halogens is 1. The van der Waals surface area contributed by atoms with Crippen molar-refractivity contribution in [1.82, 2.24) is 4.57 Å². The molecule has 0 unspecified atom stereocenters. The first-order chi connectivity index (χ1) is 9.11. The van der Waals surface area contributed by atoms with E-state index >= 15 is 0 Å². The molecule has 1 heterocycles. The Morgan fingerprint density at radius 1 is 1.21 bits per heavy atom. The largest absolute Gasteiger partial charge is 0.379 e. The monoisotopic (exact) mass is 320 g/mol. The molecule has 0 saturated carbocycles. The van der Waals surface area contributed by atoms with Gasteiger partial charge >= 0.3 is 0 Å². The minimum absolute atomic E-state index is 0.869. The number of hydrogen-bond donors (Lipinski definition) is 1. The van der Waals surface area contributed by atoms with Crippen LogP contribution in [0.3, 0.4) is 0 Å². The molecule has 1 N–H and O–H groups in total. The Balaban J connectivity index is 2.08. The van der Waals surface area contributed by atoms with Gasteiger partial charge in [-0.25, -0.2) is 0 Å². The third kappa shape index (κ3) is 3.41. The van der Waals surface area contributed by atoms with Gasteiger partial charge in [-0.15, -0.1) is 0 Å². The quantitative estimate of drug-likeness (QED) is 0.830. The molecule has 2 aromatic rings. The second kappa shape index (κ2) is 6.29. The van der Waals surface area contributed by atoms with Crippen molar-refractivity contribution in [2.75, 3.05) is 5.32 Å². The summed E-state index contributed by atoms with van der Waals surface area (Å²) >= 11 is 3.60. The van der Waals surface area contributed by atoms with Crippen molar-refractivity contribution in [3.63, 3.8) is 0 Å². The maximum atomic E-state index is 3.60. The molecule has 3 heteroatoms. The van der Waals surface area contributed by atoms with E-state index in [1.807, 2.05) is 0 Å². The molecular weight excluding hydrogens is 300 g/mol. The molecule has 0 spiro atoms. The summed E-state index contributed by atoms with van der Waals surface area (Å²) in [5.74, 6) is 0. The molecule has 102 valence electrons. The Kier molecular flexibility index (Phi) is 4.70. The number of benzene rings is 1. The second-order valence-corrected chi connectivity index (χ2v) is 5.76. The summed E-state index contributed by atoms with van der Waals surface area (Å²) in [6.07, 6.45) is 3.32. The first-order valence-electron chi connectivity index (χ1n) is 6.76. The van der Waals surface area contributed by atoms with E-state index in [1.54, 1.807) is 0 Å². The zero-order valence-electron chi connectivity index (χ0n) is 11.8. The van der Waals surface area contributed by atoms with Crippen LogP contribution in [0.15, 0.2) is 34.9 Å². The van der Waals surface area contributed by atoms with Gasteiger partial charge in [0.1, 0.15) is 0 Å². The van der Waals surface area contributed by atoms with Crippen LogP contribution < -0.4 is 5.32 Å². The molecule has 0 aliphatic carbocycles. The molecule has 1 aromatic heterocycles. The highest BCUT2D eigenvalue weighted by Crippen LogP contribution is 2.25.